The van der Waals surface area contributed by atoms with Crippen LogP contribution in [0.3, 0.4) is 0 Å². The van der Waals surface area contributed by atoms with Crippen LogP contribution < -0.4 is 0 Å². The molecule has 20 heavy (non-hydrogen) atoms. The van der Waals surface area contributed by atoms with E-state index in [9.17, 15) is 4.79 Å². The predicted molar refractivity (Wildman–Crippen MR) is 78.5 cm³/mol. The number of hydrogen-bond acceptors (Lipinski definition) is 3. The maximum Gasteiger partial charge on any atom is 0.313 e. The van der Waals surface area contributed by atoms with Crippen LogP contribution >= 0.6 is 0 Å². The summed E-state index contributed by atoms with van der Waals surface area (Å²) >= 11 is 0. The van der Waals surface area contributed by atoms with Gasteiger partial charge >= 0.3 is 5.97 Å². The lowest BCUT2D eigenvalue weighted by Crippen LogP contribution is -2.52. The average molecular weight is 273 g/mol. The van der Waals surface area contributed by atoms with Gasteiger partial charge in [0.25, 0.3) is 0 Å². The van der Waals surface area contributed by atoms with Gasteiger partial charge in [-0.3, -0.25) is 9.69 Å². The van der Waals surface area contributed by atoms with Gasteiger partial charge in [-0.15, -0.1) is 0 Å². The fourth-order valence-electron chi connectivity index (χ4n) is 3.50. The fourth-order valence-corrected chi connectivity index (χ4v) is 3.50. The first-order valence-electron chi connectivity index (χ1n) is 7.75. The average Bonchev–Trinajstić information content (AvgIpc) is 2.50. The molecule has 2 atom stereocenters. The van der Waals surface area contributed by atoms with Gasteiger partial charge < -0.3 is 4.74 Å². The third-order valence-corrected chi connectivity index (χ3v) is 4.76. The summed E-state index contributed by atoms with van der Waals surface area (Å²) in [5.74, 6) is 0.418. The summed E-state index contributed by atoms with van der Waals surface area (Å²) in [6.07, 6.45) is 3.27. The lowest BCUT2D eigenvalue weighted by Gasteiger charge is -2.44. The smallest absolute Gasteiger partial charge is 0.313 e. The van der Waals surface area contributed by atoms with Crippen LogP contribution in [0.2, 0.25) is 0 Å². The van der Waals surface area contributed by atoms with Crippen LogP contribution in [0.25, 0.3) is 0 Å². The molecule has 2 bridgehead atoms. The lowest BCUT2D eigenvalue weighted by atomic mass is 9.85. The second kappa shape index (κ2) is 5.96. The van der Waals surface area contributed by atoms with Gasteiger partial charge in [0.05, 0.1) is 5.92 Å². The van der Waals surface area contributed by atoms with Crippen molar-refractivity contribution >= 4 is 5.97 Å². The zero-order valence-electron chi connectivity index (χ0n) is 12.1. The lowest BCUT2D eigenvalue weighted by molar-refractivity contribution is -0.160. The van der Waals surface area contributed by atoms with E-state index >= 15 is 0 Å². The molecule has 3 nitrogen and oxygen atoms in total. The highest BCUT2D eigenvalue weighted by atomic mass is 16.5. The van der Waals surface area contributed by atoms with Crippen LogP contribution in [0.15, 0.2) is 30.3 Å². The molecule has 4 rings (SSSR count). The Morgan fingerprint density at radius 3 is 2.55 bits per heavy atom. The summed E-state index contributed by atoms with van der Waals surface area (Å²) in [7, 11) is 0. The maximum absolute atomic E-state index is 12.5. The van der Waals surface area contributed by atoms with E-state index in [0.29, 0.717) is 5.92 Å². The summed E-state index contributed by atoms with van der Waals surface area (Å²) < 4.78 is 5.85. The third kappa shape index (κ3) is 2.73. The van der Waals surface area contributed by atoms with E-state index in [4.69, 9.17) is 4.74 Å². The number of rotatable bonds is 4. The van der Waals surface area contributed by atoms with Crippen LogP contribution in [0.1, 0.15) is 37.7 Å². The van der Waals surface area contributed by atoms with Crippen LogP contribution in [-0.2, 0) is 9.53 Å². The molecule has 0 aromatic heterocycles. The molecule has 0 aliphatic carbocycles. The predicted octanol–water partition coefficient (Wildman–Crippen LogP) is 2.82. The molecule has 1 aromatic carbocycles. The van der Waals surface area contributed by atoms with E-state index in [1.54, 1.807) is 0 Å². The maximum atomic E-state index is 12.5. The monoisotopic (exact) mass is 273 g/mol. The summed E-state index contributed by atoms with van der Waals surface area (Å²) in [4.78, 5) is 14.9. The van der Waals surface area contributed by atoms with Gasteiger partial charge in [0.15, 0.2) is 0 Å². The van der Waals surface area contributed by atoms with Crippen molar-refractivity contribution in [2.75, 3.05) is 19.6 Å². The zero-order chi connectivity index (χ0) is 13.9. The molecule has 2 unspecified atom stereocenters. The molecule has 3 saturated heterocycles. The Kier molecular flexibility index (Phi) is 4.06. The van der Waals surface area contributed by atoms with E-state index < -0.39 is 0 Å². The molecule has 0 radical (unpaired) electrons. The standard InChI is InChI=1S/C17H23NO2/c1-2-15(13-6-4-3-5-7-13)17(19)20-16-12-18-10-8-14(16)9-11-18/h3-7,14-16H,2,8-12H2,1H3. The Morgan fingerprint density at radius 1 is 1.30 bits per heavy atom. The van der Waals surface area contributed by atoms with Crippen molar-refractivity contribution in [1.29, 1.82) is 0 Å². The van der Waals surface area contributed by atoms with Crippen molar-refractivity contribution in [3.63, 3.8) is 0 Å². The highest BCUT2D eigenvalue weighted by Crippen LogP contribution is 2.31. The van der Waals surface area contributed by atoms with Crippen LogP contribution in [0.5, 0.6) is 0 Å². The molecule has 3 heteroatoms. The van der Waals surface area contributed by atoms with Crippen molar-refractivity contribution in [2.24, 2.45) is 5.92 Å². The summed E-state index contributed by atoms with van der Waals surface area (Å²) in [5, 5.41) is 0. The first kappa shape index (κ1) is 13.6. The second-order valence-corrected chi connectivity index (χ2v) is 5.98. The number of hydrogen-bond donors (Lipinski definition) is 0. The Bertz CT molecular complexity index is 451. The highest BCUT2D eigenvalue weighted by Gasteiger charge is 2.37. The Balaban J connectivity index is 1.66. The molecule has 3 aliphatic heterocycles. The van der Waals surface area contributed by atoms with Crippen molar-refractivity contribution < 1.29 is 9.53 Å². The van der Waals surface area contributed by atoms with Crippen molar-refractivity contribution in [2.45, 2.75) is 38.2 Å². The minimum Gasteiger partial charge on any atom is -0.460 e. The van der Waals surface area contributed by atoms with E-state index in [0.717, 1.165) is 18.5 Å². The molecule has 3 heterocycles. The zero-order valence-corrected chi connectivity index (χ0v) is 12.1. The first-order chi connectivity index (χ1) is 9.78. The number of nitrogens with zero attached hydrogens (tertiary/aromatic N) is 1. The molecule has 0 N–H and O–H groups in total. The van der Waals surface area contributed by atoms with Gasteiger partial charge in [0.2, 0.25) is 0 Å². The molecular weight excluding hydrogens is 250 g/mol. The largest absolute Gasteiger partial charge is 0.460 e. The Labute approximate surface area is 120 Å². The Hall–Kier alpha value is -1.35. The van der Waals surface area contributed by atoms with Crippen LogP contribution in [0.4, 0.5) is 0 Å². The number of benzene rings is 1. The van der Waals surface area contributed by atoms with E-state index in [2.05, 4.69) is 11.8 Å². The topological polar surface area (TPSA) is 29.5 Å². The van der Waals surface area contributed by atoms with Crippen LogP contribution in [0, 0.1) is 5.92 Å². The fraction of sp³-hybridized carbons (Fsp3) is 0.588. The SMILES string of the molecule is CCC(C(=O)OC1CN2CCC1CC2)c1ccccc1. The third-order valence-electron chi connectivity index (χ3n) is 4.76. The normalized spacial score (nSPS) is 29.9. The number of carbonyl (C=O) groups excluding carboxylic acids is 1. The summed E-state index contributed by atoms with van der Waals surface area (Å²) in [5.41, 5.74) is 1.07. The quantitative estimate of drug-likeness (QED) is 0.790. The van der Waals surface area contributed by atoms with Gasteiger partial charge in [-0.05, 0) is 43.8 Å². The van der Waals surface area contributed by atoms with Gasteiger partial charge in [0.1, 0.15) is 6.10 Å². The van der Waals surface area contributed by atoms with Gasteiger partial charge in [-0.2, -0.15) is 0 Å². The van der Waals surface area contributed by atoms with Crippen molar-refractivity contribution in [3.05, 3.63) is 35.9 Å². The van der Waals surface area contributed by atoms with Gasteiger partial charge in [-0.25, -0.2) is 0 Å². The highest BCUT2D eigenvalue weighted by molar-refractivity contribution is 5.78. The molecule has 1 aromatic rings. The number of esters is 1. The van der Waals surface area contributed by atoms with E-state index in [1.165, 1.54) is 25.9 Å². The van der Waals surface area contributed by atoms with E-state index in [-0.39, 0.29) is 18.0 Å². The molecule has 108 valence electrons. The minimum atomic E-state index is -0.119. The summed E-state index contributed by atoms with van der Waals surface area (Å²) in [6.45, 7) is 5.33. The first-order valence-corrected chi connectivity index (χ1v) is 7.75. The number of fused-ring (bicyclic) bond motifs is 3. The molecule has 3 fully saturated rings. The minimum absolute atomic E-state index is 0.0440. The Morgan fingerprint density at radius 2 is 2.00 bits per heavy atom. The van der Waals surface area contributed by atoms with E-state index in [1.807, 2.05) is 30.3 Å². The van der Waals surface area contributed by atoms with Gasteiger partial charge in [-0.1, -0.05) is 37.3 Å². The number of ether oxygens (including phenoxy) is 1. The molecule has 0 saturated carbocycles. The molecule has 0 spiro atoms. The second-order valence-electron chi connectivity index (χ2n) is 5.98. The van der Waals surface area contributed by atoms with Crippen molar-refractivity contribution in [1.82, 2.24) is 4.90 Å². The molecular formula is C17H23NO2. The van der Waals surface area contributed by atoms with Gasteiger partial charge in [0, 0.05) is 6.54 Å². The number of piperidine rings is 3. The van der Waals surface area contributed by atoms with Crippen molar-refractivity contribution in [3.8, 4) is 0 Å². The molecule has 3 aliphatic rings. The summed E-state index contributed by atoms with van der Waals surface area (Å²) in [6, 6.07) is 9.99. The van der Waals surface area contributed by atoms with Crippen LogP contribution in [-0.4, -0.2) is 36.6 Å². The number of carbonyl (C=O) groups is 1. The molecule has 0 amide bonds.